The predicted molar refractivity (Wildman–Crippen MR) is 77.8 cm³/mol. The molecule has 0 amide bonds. The number of nitrogens with zero attached hydrogens (tertiary/aromatic N) is 1. The van der Waals surface area contributed by atoms with Crippen LogP contribution >= 0.6 is 15.9 Å². The van der Waals surface area contributed by atoms with Crippen molar-refractivity contribution in [3.63, 3.8) is 0 Å². The number of halogens is 1. The Hall–Kier alpha value is -1.11. The lowest BCUT2D eigenvalue weighted by Gasteiger charge is -2.31. The molecule has 1 aromatic rings. The zero-order chi connectivity index (χ0) is 14.4. The van der Waals surface area contributed by atoms with Gasteiger partial charge in [-0.2, -0.15) is 0 Å². The molecule has 1 aromatic carbocycles. The van der Waals surface area contributed by atoms with Gasteiger partial charge in [0.1, 0.15) is 18.5 Å². The van der Waals surface area contributed by atoms with Crippen LogP contribution in [-0.4, -0.2) is 56.9 Å². The van der Waals surface area contributed by atoms with Crippen molar-refractivity contribution in [2.45, 2.75) is 6.10 Å². The summed E-state index contributed by atoms with van der Waals surface area (Å²) in [6.45, 7) is 2.77. The molecule has 0 saturated carbocycles. The van der Waals surface area contributed by atoms with Gasteiger partial charge in [0.15, 0.2) is 0 Å². The smallest absolute Gasteiger partial charge is 0.319 e. The highest BCUT2D eigenvalue weighted by Gasteiger charge is 2.22. The van der Waals surface area contributed by atoms with Crippen molar-refractivity contribution in [3.05, 3.63) is 28.7 Å². The highest BCUT2D eigenvalue weighted by Crippen LogP contribution is 2.18. The number of hydrogen-bond donors (Lipinski definition) is 0. The van der Waals surface area contributed by atoms with Crippen molar-refractivity contribution in [1.29, 1.82) is 0 Å². The maximum Gasteiger partial charge on any atom is 0.319 e. The van der Waals surface area contributed by atoms with Gasteiger partial charge >= 0.3 is 5.97 Å². The van der Waals surface area contributed by atoms with Crippen molar-refractivity contribution in [3.8, 4) is 5.75 Å². The SMILES string of the molecule is COC(=O)CN1CCOC(COc2cccc(Br)c2)C1. The van der Waals surface area contributed by atoms with Gasteiger partial charge in [-0.05, 0) is 18.2 Å². The summed E-state index contributed by atoms with van der Waals surface area (Å²) in [6.07, 6.45) is -0.0348. The van der Waals surface area contributed by atoms with Crippen LogP contribution in [0.2, 0.25) is 0 Å². The van der Waals surface area contributed by atoms with E-state index >= 15 is 0 Å². The molecule has 110 valence electrons. The van der Waals surface area contributed by atoms with Crippen LogP contribution in [0.25, 0.3) is 0 Å². The summed E-state index contributed by atoms with van der Waals surface area (Å²) in [6, 6.07) is 7.68. The molecule has 0 bridgehead atoms. The van der Waals surface area contributed by atoms with Gasteiger partial charge in [0.05, 0.1) is 20.3 Å². The largest absolute Gasteiger partial charge is 0.491 e. The van der Waals surface area contributed by atoms with Crippen LogP contribution in [0.3, 0.4) is 0 Å². The Bertz CT molecular complexity index is 455. The minimum Gasteiger partial charge on any atom is -0.491 e. The molecule has 1 unspecified atom stereocenters. The first kappa shape index (κ1) is 15.3. The quantitative estimate of drug-likeness (QED) is 0.761. The number of rotatable bonds is 5. The van der Waals surface area contributed by atoms with Crippen molar-refractivity contribution in [1.82, 2.24) is 4.90 Å². The molecule has 20 heavy (non-hydrogen) atoms. The predicted octanol–water partition coefficient (Wildman–Crippen LogP) is 1.70. The summed E-state index contributed by atoms with van der Waals surface area (Å²) in [5.74, 6) is 0.576. The van der Waals surface area contributed by atoms with Gasteiger partial charge in [0.25, 0.3) is 0 Å². The molecule has 1 atom stereocenters. The van der Waals surface area contributed by atoms with E-state index in [2.05, 4.69) is 20.7 Å². The second kappa shape index (κ2) is 7.61. The number of morpholine rings is 1. The fraction of sp³-hybridized carbons (Fsp3) is 0.500. The Morgan fingerprint density at radius 3 is 3.15 bits per heavy atom. The van der Waals surface area contributed by atoms with Crippen molar-refractivity contribution in [2.75, 3.05) is 40.0 Å². The van der Waals surface area contributed by atoms with E-state index in [1.54, 1.807) is 0 Å². The summed E-state index contributed by atoms with van der Waals surface area (Å²) in [5.41, 5.74) is 0. The zero-order valence-electron chi connectivity index (χ0n) is 11.4. The van der Waals surface area contributed by atoms with Crippen LogP contribution in [0.4, 0.5) is 0 Å². The normalized spacial score (nSPS) is 19.6. The number of benzene rings is 1. The molecule has 0 aliphatic carbocycles. The van der Waals surface area contributed by atoms with E-state index in [1.807, 2.05) is 29.2 Å². The van der Waals surface area contributed by atoms with Gasteiger partial charge < -0.3 is 14.2 Å². The fourth-order valence-electron chi connectivity index (χ4n) is 2.02. The summed E-state index contributed by atoms with van der Waals surface area (Å²) in [5, 5.41) is 0. The second-order valence-corrected chi connectivity index (χ2v) is 5.49. The van der Waals surface area contributed by atoms with E-state index in [4.69, 9.17) is 9.47 Å². The summed E-state index contributed by atoms with van der Waals surface area (Å²) < 4.78 is 17.0. The second-order valence-electron chi connectivity index (χ2n) is 4.57. The van der Waals surface area contributed by atoms with Gasteiger partial charge in [0.2, 0.25) is 0 Å². The van der Waals surface area contributed by atoms with Crippen LogP contribution < -0.4 is 4.74 Å². The third-order valence-corrected chi connectivity index (χ3v) is 3.53. The molecule has 1 fully saturated rings. The lowest BCUT2D eigenvalue weighted by Crippen LogP contribution is -2.46. The Morgan fingerprint density at radius 1 is 1.55 bits per heavy atom. The molecule has 5 nitrogen and oxygen atoms in total. The maximum atomic E-state index is 11.3. The first-order valence-electron chi connectivity index (χ1n) is 6.46. The molecule has 1 saturated heterocycles. The van der Waals surface area contributed by atoms with Gasteiger partial charge in [0, 0.05) is 17.6 Å². The number of ether oxygens (including phenoxy) is 3. The van der Waals surface area contributed by atoms with Crippen LogP contribution in [-0.2, 0) is 14.3 Å². The van der Waals surface area contributed by atoms with Gasteiger partial charge in [-0.3, -0.25) is 9.69 Å². The number of methoxy groups -OCH3 is 1. The monoisotopic (exact) mass is 343 g/mol. The van der Waals surface area contributed by atoms with Gasteiger partial charge in [-0.25, -0.2) is 0 Å². The third-order valence-electron chi connectivity index (χ3n) is 3.04. The summed E-state index contributed by atoms with van der Waals surface area (Å²) in [4.78, 5) is 13.3. The topological polar surface area (TPSA) is 48.0 Å². The van der Waals surface area contributed by atoms with E-state index in [9.17, 15) is 4.79 Å². The average Bonchev–Trinajstić information content (AvgIpc) is 2.45. The zero-order valence-corrected chi connectivity index (χ0v) is 13.0. The van der Waals surface area contributed by atoms with Crippen LogP contribution in [0.1, 0.15) is 0 Å². The van der Waals surface area contributed by atoms with Gasteiger partial charge in [-0.1, -0.05) is 22.0 Å². The molecule has 1 aliphatic heterocycles. The molecule has 0 aromatic heterocycles. The standard InChI is InChI=1S/C14H18BrNO4/c1-18-14(17)9-16-5-6-19-13(8-16)10-20-12-4-2-3-11(15)7-12/h2-4,7,13H,5-6,8-10H2,1H3. The van der Waals surface area contributed by atoms with Gasteiger partial charge in [-0.15, -0.1) is 0 Å². The van der Waals surface area contributed by atoms with Crippen molar-refractivity contribution >= 4 is 21.9 Å². The van der Waals surface area contributed by atoms with Crippen molar-refractivity contribution in [2.24, 2.45) is 0 Å². The summed E-state index contributed by atoms with van der Waals surface area (Å²) in [7, 11) is 1.40. The number of hydrogen-bond acceptors (Lipinski definition) is 5. The first-order chi connectivity index (χ1) is 9.67. The van der Waals surface area contributed by atoms with Crippen LogP contribution in [0.15, 0.2) is 28.7 Å². The molecule has 2 rings (SSSR count). The fourth-order valence-corrected chi connectivity index (χ4v) is 2.40. The molecule has 0 spiro atoms. The number of carbonyl (C=O) groups excluding carboxylic acids is 1. The first-order valence-corrected chi connectivity index (χ1v) is 7.26. The Kier molecular flexibility index (Phi) is 5.82. The third kappa shape index (κ3) is 4.77. The van der Waals surface area contributed by atoms with E-state index in [1.165, 1.54) is 7.11 Å². The van der Waals surface area contributed by atoms with E-state index in [-0.39, 0.29) is 12.1 Å². The molecule has 0 N–H and O–H groups in total. The van der Waals surface area contributed by atoms with E-state index in [0.29, 0.717) is 26.3 Å². The molecule has 6 heteroatoms. The Balaban J connectivity index is 1.79. The van der Waals surface area contributed by atoms with Crippen LogP contribution in [0, 0.1) is 0 Å². The number of carbonyl (C=O) groups is 1. The van der Waals surface area contributed by atoms with Crippen molar-refractivity contribution < 1.29 is 19.0 Å². The molecular formula is C14H18BrNO4. The molecular weight excluding hydrogens is 326 g/mol. The average molecular weight is 344 g/mol. The Labute approximate surface area is 126 Å². The van der Waals surface area contributed by atoms with E-state index < -0.39 is 0 Å². The lowest BCUT2D eigenvalue weighted by atomic mass is 10.3. The highest BCUT2D eigenvalue weighted by atomic mass is 79.9. The Morgan fingerprint density at radius 2 is 2.40 bits per heavy atom. The maximum absolute atomic E-state index is 11.3. The minimum atomic E-state index is -0.224. The van der Waals surface area contributed by atoms with E-state index in [0.717, 1.165) is 16.8 Å². The molecule has 0 radical (unpaired) electrons. The highest BCUT2D eigenvalue weighted by molar-refractivity contribution is 9.10. The van der Waals surface area contributed by atoms with Crippen LogP contribution in [0.5, 0.6) is 5.75 Å². The minimum absolute atomic E-state index is 0.0348. The number of esters is 1. The molecule has 1 aliphatic rings. The lowest BCUT2D eigenvalue weighted by molar-refractivity contribution is -0.144. The molecule has 1 heterocycles. The summed E-state index contributed by atoms with van der Waals surface area (Å²) >= 11 is 3.40.